The van der Waals surface area contributed by atoms with Crippen LogP contribution in [0, 0.1) is 10.1 Å². The number of nitrogens with zero attached hydrogens (tertiary/aromatic N) is 3. The molecular weight excluding hydrogens is 272 g/mol. The van der Waals surface area contributed by atoms with Crippen LogP contribution in [0.3, 0.4) is 0 Å². The van der Waals surface area contributed by atoms with Gasteiger partial charge >= 0.3 is 0 Å². The largest absolute Gasteiger partial charge is 0.393 e. The monoisotopic (exact) mass is 294 g/mol. The van der Waals surface area contributed by atoms with Gasteiger partial charge in [-0.2, -0.15) is 0 Å². The van der Waals surface area contributed by atoms with Crippen LogP contribution >= 0.6 is 0 Å². The van der Waals surface area contributed by atoms with Crippen molar-refractivity contribution >= 4 is 17.3 Å². The summed E-state index contributed by atoms with van der Waals surface area (Å²) < 4.78 is 0. The van der Waals surface area contributed by atoms with Crippen LogP contribution in [-0.2, 0) is 0 Å². The molecule has 1 rings (SSSR count). The van der Waals surface area contributed by atoms with Crippen LogP contribution in [0.5, 0.6) is 0 Å². The molecule has 1 aromatic rings. The molecule has 2 N–H and O–H groups in total. The third kappa shape index (κ3) is 4.71. The standard InChI is InChI=1S/C14H22N4O3/c1-4-17(9-5-8-16(2)3)14(19)11-6-7-12(15)13(10-11)18(20)21/h6-7,10H,4-5,8-9,15H2,1-3H3. The number of carbonyl (C=O) groups is 1. The maximum Gasteiger partial charge on any atom is 0.292 e. The number of nitrogen functional groups attached to an aromatic ring is 1. The average Bonchev–Trinajstić information content (AvgIpc) is 2.43. The Labute approximate surface area is 124 Å². The fourth-order valence-corrected chi connectivity index (χ4v) is 2.00. The fraction of sp³-hybridized carbons (Fsp3) is 0.500. The van der Waals surface area contributed by atoms with Gasteiger partial charge in [-0.1, -0.05) is 0 Å². The smallest absolute Gasteiger partial charge is 0.292 e. The molecule has 0 atom stereocenters. The van der Waals surface area contributed by atoms with Gasteiger partial charge in [-0.15, -0.1) is 0 Å². The molecule has 0 unspecified atom stereocenters. The van der Waals surface area contributed by atoms with Crippen molar-refractivity contribution in [1.29, 1.82) is 0 Å². The number of nitro groups is 1. The van der Waals surface area contributed by atoms with E-state index in [1.165, 1.54) is 18.2 Å². The van der Waals surface area contributed by atoms with E-state index >= 15 is 0 Å². The number of hydrogen-bond donors (Lipinski definition) is 1. The first-order valence-corrected chi connectivity index (χ1v) is 6.84. The lowest BCUT2D eigenvalue weighted by Gasteiger charge is -2.22. The van der Waals surface area contributed by atoms with E-state index in [0.717, 1.165) is 13.0 Å². The lowest BCUT2D eigenvalue weighted by Crippen LogP contribution is -2.33. The summed E-state index contributed by atoms with van der Waals surface area (Å²) in [6, 6.07) is 4.17. The number of carbonyl (C=O) groups excluding carboxylic acids is 1. The van der Waals surface area contributed by atoms with E-state index in [-0.39, 0.29) is 17.3 Å². The minimum absolute atomic E-state index is 0.0622. The van der Waals surface area contributed by atoms with E-state index in [1.807, 2.05) is 25.9 Å². The molecule has 0 saturated heterocycles. The van der Waals surface area contributed by atoms with Gasteiger partial charge in [0.25, 0.3) is 11.6 Å². The van der Waals surface area contributed by atoms with E-state index in [9.17, 15) is 14.9 Å². The summed E-state index contributed by atoms with van der Waals surface area (Å²) in [6.07, 6.45) is 0.851. The fourth-order valence-electron chi connectivity index (χ4n) is 2.00. The number of anilines is 1. The Morgan fingerprint density at radius 2 is 2.00 bits per heavy atom. The van der Waals surface area contributed by atoms with Gasteiger partial charge in [0.05, 0.1) is 4.92 Å². The molecule has 0 saturated carbocycles. The predicted octanol–water partition coefficient (Wildman–Crippen LogP) is 1.59. The molecule has 0 aliphatic rings. The van der Waals surface area contributed by atoms with Crippen molar-refractivity contribution in [2.24, 2.45) is 0 Å². The van der Waals surface area contributed by atoms with E-state index < -0.39 is 4.92 Å². The zero-order valence-corrected chi connectivity index (χ0v) is 12.7. The van der Waals surface area contributed by atoms with Crippen molar-refractivity contribution < 1.29 is 9.72 Å². The van der Waals surface area contributed by atoms with Crippen LogP contribution in [0.4, 0.5) is 11.4 Å². The number of nitro benzene ring substituents is 1. The van der Waals surface area contributed by atoms with Crippen LogP contribution in [0.25, 0.3) is 0 Å². The number of benzene rings is 1. The summed E-state index contributed by atoms with van der Waals surface area (Å²) in [5, 5.41) is 10.9. The van der Waals surface area contributed by atoms with Crippen LogP contribution in [-0.4, -0.2) is 54.4 Å². The van der Waals surface area contributed by atoms with Crippen LogP contribution in [0.2, 0.25) is 0 Å². The number of nitrogens with two attached hydrogens (primary N) is 1. The SMILES string of the molecule is CCN(CCCN(C)C)C(=O)c1ccc(N)c([N+](=O)[O-])c1. The summed E-state index contributed by atoms with van der Waals surface area (Å²) in [4.78, 5) is 26.4. The average molecular weight is 294 g/mol. The molecule has 0 aliphatic carbocycles. The third-order valence-electron chi connectivity index (χ3n) is 3.18. The number of hydrogen-bond acceptors (Lipinski definition) is 5. The highest BCUT2D eigenvalue weighted by Gasteiger charge is 2.19. The highest BCUT2D eigenvalue weighted by Crippen LogP contribution is 2.23. The van der Waals surface area contributed by atoms with Gasteiger partial charge < -0.3 is 15.5 Å². The molecule has 116 valence electrons. The zero-order valence-electron chi connectivity index (χ0n) is 12.7. The Kier molecular flexibility index (Phi) is 6.10. The molecule has 0 spiro atoms. The summed E-state index contributed by atoms with van der Waals surface area (Å²) >= 11 is 0. The van der Waals surface area contributed by atoms with E-state index in [1.54, 1.807) is 4.90 Å². The molecule has 0 aromatic heterocycles. The molecular formula is C14H22N4O3. The molecule has 0 radical (unpaired) electrons. The van der Waals surface area contributed by atoms with Crippen molar-refractivity contribution in [2.45, 2.75) is 13.3 Å². The van der Waals surface area contributed by atoms with Crippen molar-refractivity contribution in [3.63, 3.8) is 0 Å². The second kappa shape index (κ2) is 7.58. The maximum atomic E-state index is 12.4. The second-order valence-corrected chi connectivity index (χ2v) is 5.07. The van der Waals surface area contributed by atoms with Gasteiger partial charge in [0, 0.05) is 24.7 Å². The highest BCUT2D eigenvalue weighted by atomic mass is 16.6. The minimum atomic E-state index is -0.575. The van der Waals surface area contributed by atoms with E-state index in [0.29, 0.717) is 18.7 Å². The quantitative estimate of drug-likeness (QED) is 0.468. The van der Waals surface area contributed by atoms with Gasteiger partial charge in [0.15, 0.2) is 0 Å². The van der Waals surface area contributed by atoms with Gasteiger partial charge in [0.2, 0.25) is 0 Å². The van der Waals surface area contributed by atoms with Crippen LogP contribution in [0.1, 0.15) is 23.7 Å². The van der Waals surface area contributed by atoms with Crippen molar-refractivity contribution in [2.75, 3.05) is 39.5 Å². The van der Waals surface area contributed by atoms with Gasteiger partial charge in [-0.3, -0.25) is 14.9 Å². The first-order valence-electron chi connectivity index (χ1n) is 6.84. The lowest BCUT2D eigenvalue weighted by atomic mass is 10.1. The van der Waals surface area contributed by atoms with Crippen molar-refractivity contribution in [1.82, 2.24) is 9.80 Å². The van der Waals surface area contributed by atoms with Crippen molar-refractivity contribution in [3.8, 4) is 0 Å². The Balaban J connectivity index is 2.85. The highest BCUT2D eigenvalue weighted by molar-refractivity contribution is 5.95. The molecule has 1 aromatic carbocycles. The second-order valence-electron chi connectivity index (χ2n) is 5.07. The third-order valence-corrected chi connectivity index (χ3v) is 3.18. The lowest BCUT2D eigenvalue weighted by molar-refractivity contribution is -0.383. The van der Waals surface area contributed by atoms with Gasteiger partial charge in [-0.25, -0.2) is 0 Å². The molecule has 7 heteroatoms. The van der Waals surface area contributed by atoms with E-state index in [2.05, 4.69) is 0 Å². The molecule has 7 nitrogen and oxygen atoms in total. The Morgan fingerprint density at radius 1 is 1.33 bits per heavy atom. The minimum Gasteiger partial charge on any atom is -0.393 e. The molecule has 0 heterocycles. The molecule has 1 amide bonds. The first kappa shape index (κ1) is 16.9. The number of amides is 1. The zero-order chi connectivity index (χ0) is 16.0. The van der Waals surface area contributed by atoms with Crippen LogP contribution < -0.4 is 5.73 Å². The van der Waals surface area contributed by atoms with Crippen molar-refractivity contribution in [3.05, 3.63) is 33.9 Å². The number of rotatable bonds is 7. The Morgan fingerprint density at radius 3 is 2.52 bits per heavy atom. The first-order chi connectivity index (χ1) is 9.86. The molecule has 0 aliphatic heterocycles. The molecule has 0 fully saturated rings. The Hall–Kier alpha value is -2.15. The van der Waals surface area contributed by atoms with Gasteiger partial charge in [-0.05, 0) is 46.1 Å². The summed E-state index contributed by atoms with van der Waals surface area (Å²) in [5.41, 5.74) is 5.67. The topological polar surface area (TPSA) is 92.7 Å². The maximum absolute atomic E-state index is 12.4. The van der Waals surface area contributed by atoms with Crippen LogP contribution in [0.15, 0.2) is 18.2 Å². The molecule has 0 bridgehead atoms. The van der Waals surface area contributed by atoms with E-state index in [4.69, 9.17) is 5.73 Å². The Bertz CT molecular complexity index is 517. The summed E-state index contributed by atoms with van der Waals surface area (Å²) in [6.45, 7) is 3.95. The predicted molar refractivity (Wildman–Crippen MR) is 82.3 cm³/mol. The summed E-state index contributed by atoms with van der Waals surface area (Å²) in [5.74, 6) is -0.209. The normalized spacial score (nSPS) is 10.7. The molecule has 21 heavy (non-hydrogen) atoms. The summed E-state index contributed by atoms with van der Waals surface area (Å²) in [7, 11) is 3.95. The van der Waals surface area contributed by atoms with Gasteiger partial charge in [0.1, 0.15) is 5.69 Å².